The maximum Gasteiger partial charge on any atom is 0.234 e. The Morgan fingerprint density at radius 2 is 1.94 bits per heavy atom. The summed E-state index contributed by atoms with van der Waals surface area (Å²) in [5.41, 5.74) is 2.10. The summed E-state index contributed by atoms with van der Waals surface area (Å²) in [6.07, 6.45) is 2.58. The molecule has 18 heavy (non-hydrogen) atoms. The van der Waals surface area contributed by atoms with E-state index in [0.29, 0.717) is 12.8 Å². The molecule has 1 fully saturated rings. The van der Waals surface area contributed by atoms with Gasteiger partial charge in [0.2, 0.25) is 11.8 Å². The SMILES string of the molecule is O=C1CCC(c2ccc(CCCO)cc2)C(=O)N1. The maximum atomic E-state index is 11.7. The van der Waals surface area contributed by atoms with Crippen LogP contribution in [0.3, 0.4) is 0 Å². The number of carbonyl (C=O) groups is 2. The first-order valence-corrected chi connectivity index (χ1v) is 6.24. The van der Waals surface area contributed by atoms with Gasteiger partial charge >= 0.3 is 0 Å². The van der Waals surface area contributed by atoms with Crippen molar-refractivity contribution in [1.29, 1.82) is 0 Å². The predicted octanol–water partition coefficient (Wildman–Crippen LogP) is 1.13. The summed E-state index contributed by atoms with van der Waals surface area (Å²) in [7, 11) is 0. The number of nitrogens with one attached hydrogen (secondary N) is 1. The van der Waals surface area contributed by atoms with Crippen molar-refractivity contribution >= 4 is 11.8 Å². The van der Waals surface area contributed by atoms with E-state index in [-0.39, 0.29) is 24.3 Å². The summed E-state index contributed by atoms with van der Waals surface area (Å²) in [5, 5.41) is 11.1. The molecule has 0 aromatic heterocycles. The van der Waals surface area contributed by atoms with E-state index in [2.05, 4.69) is 5.32 Å². The fraction of sp³-hybridized carbons (Fsp3) is 0.429. The van der Waals surface area contributed by atoms with E-state index >= 15 is 0 Å². The van der Waals surface area contributed by atoms with Crippen LogP contribution in [0.1, 0.15) is 36.3 Å². The van der Waals surface area contributed by atoms with Gasteiger partial charge in [0.05, 0.1) is 5.92 Å². The van der Waals surface area contributed by atoms with E-state index in [0.717, 1.165) is 24.0 Å². The Hall–Kier alpha value is -1.68. The molecule has 96 valence electrons. The van der Waals surface area contributed by atoms with Crippen molar-refractivity contribution in [2.45, 2.75) is 31.6 Å². The molecule has 1 aliphatic rings. The lowest BCUT2D eigenvalue weighted by atomic mass is 9.90. The molecule has 1 aliphatic heterocycles. The highest BCUT2D eigenvalue weighted by molar-refractivity contribution is 6.00. The van der Waals surface area contributed by atoms with Crippen molar-refractivity contribution in [1.82, 2.24) is 5.32 Å². The molecule has 4 nitrogen and oxygen atoms in total. The quantitative estimate of drug-likeness (QED) is 0.784. The van der Waals surface area contributed by atoms with Crippen LogP contribution in [-0.4, -0.2) is 23.5 Å². The van der Waals surface area contributed by atoms with Crippen molar-refractivity contribution in [3.8, 4) is 0 Å². The number of aliphatic hydroxyl groups is 1. The Labute approximate surface area is 106 Å². The topological polar surface area (TPSA) is 66.4 Å². The van der Waals surface area contributed by atoms with E-state index in [1.165, 1.54) is 0 Å². The van der Waals surface area contributed by atoms with Crippen molar-refractivity contribution in [3.05, 3.63) is 35.4 Å². The number of amides is 2. The van der Waals surface area contributed by atoms with Crippen molar-refractivity contribution in [2.24, 2.45) is 0 Å². The van der Waals surface area contributed by atoms with Gasteiger partial charge < -0.3 is 5.11 Å². The van der Waals surface area contributed by atoms with Gasteiger partial charge in [-0.2, -0.15) is 0 Å². The number of imide groups is 1. The molecule has 1 aromatic carbocycles. The smallest absolute Gasteiger partial charge is 0.234 e. The largest absolute Gasteiger partial charge is 0.396 e. The third-order valence-corrected chi connectivity index (χ3v) is 3.24. The van der Waals surface area contributed by atoms with Crippen molar-refractivity contribution in [3.63, 3.8) is 0 Å². The minimum Gasteiger partial charge on any atom is -0.396 e. The number of rotatable bonds is 4. The molecule has 0 saturated carbocycles. The van der Waals surface area contributed by atoms with Gasteiger partial charge in [0.15, 0.2) is 0 Å². The Morgan fingerprint density at radius 1 is 1.22 bits per heavy atom. The fourth-order valence-corrected chi connectivity index (χ4v) is 2.21. The van der Waals surface area contributed by atoms with E-state index in [9.17, 15) is 9.59 Å². The molecule has 0 radical (unpaired) electrons. The van der Waals surface area contributed by atoms with Crippen molar-refractivity contribution < 1.29 is 14.7 Å². The molecular formula is C14H17NO3. The Morgan fingerprint density at radius 3 is 2.56 bits per heavy atom. The lowest BCUT2D eigenvalue weighted by molar-refractivity contribution is -0.134. The van der Waals surface area contributed by atoms with Crippen LogP contribution in [0.15, 0.2) is 24.3 Å². The average molecular weight is 247 g/mol. The first-order valence-electron chi connectivity index (χ1n) is 6.24. The van der Waals surface area contributed by atoms with Gasteiger partial charge in [0, 0.05) is 13.0 Å². The third kappa shape index (κ3) is 2.96. The van der Waals surface area contributed by atoms with Crippen LogP contribution >= 0.6 is 0 Å². The van der Waals surface area contributed by atoms with Gasteiger partial charge in [0.1, 0.15) is 0 Å². The highest BCUT2D eigenvalue weighted by Gasteiger charge is 2.27. The predicted molar refractivity (Wildman–Crippen MR) is 67.0 cm³/mol. The second kappa shape index (κ2) is 5.78. The molecule has 1 heterocycles. The first kappa shape index (κ1) is 12.8. The van der Waals surface area contributed by atoms with Gasteiger partial charge in [0.25, 0.3) is 0 Å². The monoisotopic (exact) mass is 247 g/mol. The second-order valence-electron chi connectivity index (χ2n) is 4.57. The van der Waals surface area contributed by atoms with E-state index < -0.39 is 0 Å². The van der Waals surface area contributed by atoms with E-state index in [1.807, 2.05) is 24.3 Å². The molecule has 0 spiro atoms. The van der Waals surface area contributed by atoms with Gasteiger partial charge in [-0.15, -0.1) is 0 Å². The summed E-state index contributed by atoms with van der Waals surface area (Å²) < 4.78 is 0. The third-order valence-electron chi connectivity index (χ3n) is 3.24. The molecule has 4 heteroatoms. The highest BCUT2D eigenvalue weighted by Crippen LogP contribution is 2.25. The van der Waals surface area contributed by atoms with E-state index in [1.54, 1.807) is 0 Å². The summed E-state index contributed by atoms with van der Waals surface area (Å²) in [5.74, 6) is -0.597. The molecule has 0 aliphatic carbocycles. The standard InChI is InChI=1S/C14H17NO3/c16-9-1-2-10-3-5-11(6-4-10)12-7-8-13(17)15-14(12)18/h3-6,12,16H,1-2,7-9H2,(H,15,17,18). The fourth-order valence-electron chi connectivity index (χ4n) is 2.21. The summed E-state index contributed by atoms with van der Waals surface area (Å²) in [6, 6.07) is 7.84. The molecule has 1 aromatic rings. The minimum atomic E-state index is -0.213. The number of hydrogen-bond acceptors (Lipinski definition) is 3. The Kier molecular flexibility index (Phi) is 4.10. The van der Waals surface area contributed by atoms with Crippen LogP contribution in [0.2, 0.25) is 0 Å². The van der Waals surface area contributed by atoms with Crippen LogP contribution in [0.4, 0.5) is 0 Å². The van der Waals surface area contributed by atoms with Crippen LogP contribution in [0.25, 0.3) is 0 Å². The Bertz CT molecular complexity index is 439. The van der Waals surface area contributed by atoms with Crippen molar-refractivity contribution in [2.75, 3.05) is 6.61 Å². The maximum absolute atomic E-state index is 11.7. The summed E-state index contributed by atoms with van der Waals surface area (Å²) in [4.78, 5) is 22.8. The van der Waals surface area contributed by atoms with Crippen LogP contribution < -0.4 is 5.32 Å². The molecular weight excluding hydrogens is 230 g/mol. The lowest BCUT2D eigenvalue weighted by Crippen LogP contribution is -2.39. The average Bonchev–Trinajstić information content (AvgIpc) is 2.37. The zero-order valence-corrected chi connectivity index (χ0v) is 10.2. The summed E-state index contributed by atoms with van der Waals surface area (Å²) in [6.45, 7) is 0.189. The summed E-state index contributed by atoms with van der Waals surface area (Å²) >= 11 is 0. The zero-order valence-electron chi connectivity index (χ0n) is 10.2. The number of carbonyl (C=O) groups excluding carboxylic acids is 2. The van der Waals surface area contributed by atoms with Gasteiger partial charge in [-0.3, -0.25) is 14.9 Å². The molecule has 0 bridgehead atoms. The lowest BCUT2D eigenvalue weighted by Gasteiger charge is -2.21. The molecule has 2 rings (SSSR count). The van der Waals surface area contributed by atoms with Crippen LogP contribution in [0, 0.1) is 0 Å². The number of piperidine rings is 1. The molecule has 1 unspecified atom stereocenters. The number of aryl methyl sites for hydroxylation is 1. The number of hydrogen-bond donors (Lipinski definition) is 2. The van der Waals surface area contributed by atoms with Gasteiger partial charge in [-0.25, -0.2) is 0 Å². The Balaban J connectivity index is 2.05. The van der Waals surface area contributed by atoms with E-state index in [4.69, 9.17) is 5.11 Å². The normalized spacial score (nSPS) is 19.7. The van der Waals surface area contributed by atoms with Crippen LogP contribution in [-0.2, 0) is 16.0 Å². The zero-order chi connectivity index (χ0) is 13.0. The molecule has 2 amide bonds. The van der Waals surface area contributed by atoms with Gasteiger partial charge in [-0.1, -0.05) is 24.3 Å². The number of benzene rings is 1. The molecule has 1 saturated heterocycles. The number of aliphatic hydroxyl groups excluding tert-OH is 1. The highest BCUT2D eigenvalue weighted by atomic mass is 16.3. The van der Waals surface area contributed by atoms with Crippen LogP contribution in [0.5, 0.6) is 0 Å². The molecule has 2 N–H and O–H groups in total. The van der Waals surface area contributed by atoms with Gasteiger partial charge in [-0.05, 0) is 30.4 Å². The molecule has 1 atom stereocenters. The second-order valence-corrected chi connectivity index (χ2v) is 4.57. The minimum absolute atomic E-state index is 0.184. The first-order chi connectivity index (χ1) is 8.70.